The highest BCUT2D eigenvalue weighted by molar-refractivity contribution is 6.13. The zero-order valence-electron chi connectivity index (χ0n) is 14.2. The Morgan fingerprint density at radius 2 is 1.46 bits per heavy atom. The van der Waals surface area contributed by atoms with E-state index in [4.69, 9.17) is 4.42 Å². The normalized spacial score (nSPS) is 10.8. The van der Waals surface area contributed by atoms with Gasteiger partial charge in [0.25, 0.3) is 0 Å². The third-order valence-electron chi connectivity index (χ3n) is 4.37. The van der Waals surface area contributed by atoms with Gasteiger partial charge in [0.1, 0.15) is 16.9 Å². The fourth-order valence-corrected chi connectivity index (χ4v) is 2.99. The molecule has 4 rings (SSSR count). The van der Waals surface area contributed by atoms with E-state index in [-0.39, 0.29) is 16.8 Å². The maximum atomic E-state index is 13.2. The highest BCUT2D eigenvalue weighted by atomic mass is 16.3. The third kappa shape index (κ3) is 2.74. The van der Waals surface area contributed by atoms with Crippen LogP contribution < -0.4 is 5.43 Å². The summed E-state index contributed by atoms with van der Waals surface area (Å²) >= 11 is 0. The second kappa shape index (κ2) is 6.45. The van der Waals surface area contributed by atoms with Crippen molar-refractivity contribution < 1.29 is 9.21 Å². The molecule has 3 aromatic carbocycles. The topological polar surface area (TPSA) is 47.3 Å². The van der Waals surface area contributed by atoms with E-state index in [1.165, 1.54) is 0 Å². The van der Waals surface area contributed by atoms with Gasteiger partial charge in [0.15, 0.2) is 0 Å². The number of aryl methyl sites for hydroxylation is 1. The van der Waals surface area contributed by atoms with Gasteiger partial charge >= 0.3 is 0 Å². The van der Waals surface area contributed by atoms with Crippen molar-refractivity contribution in [1.29, 1.82) is 0 Å². The molecule has 0 amide bonds. The Morgan fingerprint density at radius 1 is 0.808 bits per heavy atom. The smallest absolute Gasteiger partial charge is 0.204 e. The van der Waals surface area contributed by atoms with Gasteiger partial charge in [0.05, 0.1) is 5.39 Å². The number of hydrogen-bond acceptors (Lipinski definition) is 3. The molecule has 0 aliphatic carbocycles. The fourth-order valence-electron chi connectivity index (χ4n) is 2.99. The largest absolute Gasteiger partial charge is 0.455 e. The molecule has 0 radical (unpaired) electrons. The van der Waals surface area contributed by atoms with Crippen molar-refractivity contribution in [3.63, 3.8) is 0 Å². The molecular formula is C23H16O3. The van der Waals surface area contributed by atoms with Crippen molar-refractivity contribution in [3.05, 3.63) is 106 Å². The van der Waals surface area contributed by atoms with Crippen LogP contribution in [0.5, 0.6) is 0 Å². The van der Waals surface area contributed by atoms with E-state index in [0.29, 0.717) is 27.9 Å². The highest BCUT2D eigenvalue weighted by Gasteiger charge is 2.23. The predicted molar refractivity (Wildman–Crippen MR) is 103 cm³/mol. The van der Waals surface area contributed by atoms with Crippen molar-refractivity contribution in [2.45, 2.75) is 6.92 Å². The molecule has 0 saturated carbocycles. The summed E-state index contributed by atoms with van der Waals surface area (Å²) in [6, 6.07) is 23.4. The Morgan fingerprint density at radius 3 is 2.19 bits per heavy atom. The Labute approximate surface area is 150 Å². The lowest BCUT2D eigenvalue weighted by Gasteiger charge is -2.10. The van der Waals surface area contributed by atoms with Gasteiger partial charge in [-0.2, -0.15) is 0 Å². The molecule has 0 bridgehead atoms. The lowest BCUT2D eigenvalue weighted by atomic mass is 9.97. The molecule has 0 unspecified atom stereocenters. The fraction of sp³-hybridized carbons (Fsp3) is 0.0435. The first-order valence-electron chi connectivity index (χ1n) is 8.38. The first-order chi connectivity index (χ1) is 12.6. The molecule has 0 saturated heterocycles. The summed E-state index contributed by atoms with van der Waals surface area (Å²) in [6.45, 7) is 1.95. The van der Waals surface area contributed by atoms with Gasteiger partial charge in [-0.1, -0.05) is 72.3 Å². The molecule has 3 heteroatoms. The van der Waals surface area contributed by atoms with E-state index in [2.05, 4.69) is 0 Å². The van der Waals surface area contributed by atoms with E-state index < -0.39 is 0 Å². The minimum atomic E-state index is -0.330. The number of carbonyl (C=O) groups excluding carboxylic acids is 1. The number of hydrogen-bond donors (Lipinski definition) is 0. The molecule has 0 aliphatic rings. The minimum absolute atomic E-state index is 0.0683. The number of rotatable bonds is 3. The molecule has 0 spiro atoms. The van der Waals surface area contributed by atoms with Crippen LogP contribution in [0.3, 0.4) is 0 Å². The molecule has 3 nitrogen and oxygen atoms in total. The first kappa shape index (κ1) is 16.0. The van der Waals surface area contributed by atoms with Crippen molar-refractivity contribution in [3.8, 4) is 11.3 Å². The minimum Gasteiger partial charge on any atom is -0.455 e. The Balaban J connectivity index is 2.03. The highest BCUT2D eigenvalue weighted by Crippen LogP contribution is 2.27. The van der Waals surface area contributed by atoms with Gasteiger partial charge in [-0.05, 0) is 19.1 Å². The van der Waals surface area contributed by atoms with Crippen LogP contribution in [0.1, 0.15) is 21.5 Å². The average molecular weight is 340 g/mol. The van der Waals surface area contributed by atoms with Crippen LogP contribution in [0.4, 0.5) is 0 Å². The second-order valence-electron chi connectivity index (χ2n) is 6.19. The maximum absolute atomic E-state index is 13.2. The summed E-state index contributed by atoms with van der Waals surface area (Å²) in [6.07, 6.45) is 0. The number of carbonyl (C=O) groups is 1. The number of benzene rings is 3. The molecule has 1 heterocycles. The van der Waals surface area contributed by atoms with Gasteiger partial charge in [0.2, 0.25) is 11.2 Å². The lowest BCUT2D eigenvalue weighted by molar-refractivity contribution is 0.103. The zero-order valence-corrected chi connectivity index (χ0v) is 14.2. The van der Waals surface area contributed by atoms with Crippen LogP contribution in [0, 0.1) is 6.92 Å². The van der Waals surface area contributed by atoms with Crippen molar-refractivity contribution in [1.82, 2.24) is 0 Å². The van der Waals surface area contributed by atoms with E-state index in [1.807, 2.05) is 55.5 Å². The van der Waals surface area contributed by atoms with Crippen LogP contribution in [-0.4, -0.2) is 5.78 Å². The van der Waals surface area contributed by atoms with E-state index in [0.717, 1.165) is 5.56 Å². The molecule has 126 valence electrons. The first-order valence-corrected chi connectivity index (χ1v) is 8.38. The molecular weight excluding hydrogens is 324 g/mol. The van der Waals surface area contributed by atoms with Crippen LogP contribution in [-0.2, 0) is 0 Å². The Hall–Kier alpha value is -3.46. The van der Waals surface area contributed by atoms with Gasteiger partial charge < -0.3 is 4.42 Å². The predicted octanol–water partition coefficient (Wildman–Crippen LogP) is 5.00. The van der Waals surface area contributed by atoms with Gasteiger partial charge in [0, 0.05) is 11.1 Å². The van der Waals surface area contributed by atoms with Gasteiger partial charge in [-0.3, -0.25) is 9.59 Å². The molecule has 26 heavy (non-hydrogen) atoms. The summed E-state index contributed by atoms with van der Waals surface area (Å²) in [4.78, 5) is 26.3. The number of para-hydroxylation sites is 1. The maximum Gasteiger partial charge on any atom is 0.204 e. The van der Waals surface area contributed by atoms with Crippen LogP contribution in [0.2, 0.25) is 0 Å². The summed E-state index contributed by atoms with van der Waals surface area (Å²) in [5.74, 6) is -0.0248. The lowest BCUT2D eigenvalue weighted by Crippen LogP contribution is -2.18. The molecule has 0 N–H and O–H groups in total. The summed E-state index contributed by atoms with van der Waals surface area (Å²) in [5.41, 5.74) is 2.45. The molecule has 4 aromatic rings. The summed E-state index contributed by atoms with van der Waals surface area (Å²) in [7, 11) is 0. The standard InChI is InChI=1S/C23H16O3/c1-15-11-13-16(14-12-15)21(24)20-22(25)18-9-5-6-10-19(18)26-23(20)17-7-3-2-4-8-17/h2-14H,1H3. The van der Waals surface area contributed by atoms with Crippen LogP contribution in [0.25, 0.3) is 22.3 Å². The van der Waals surface area contributed by atoms with E-state index in [1.54, 1.807) is 30.3 Å². The Bertz CT molecular complexity index is 1150. The quantitative estimate of drug-likeness (QED) is 0.493. The van der Waals surface area contributed by atoms with E-state index >= 15 is 0 Å². The zero-order chi connectivity index (χ0) is 18.1. The average Bonchev–Trinajstić information content (AvgIpc) is 2.69. The SMILES string of the molecule is Cc1ccc(C(=O)c2c(-c3ccccc3)oc3ccccc3c2=O)cc1. The number of ketones is 1. The molecule has 0 atom stereocenters. The van der Waals surface area contributed by atoms with Gasteiger partial charge in [-0.25, -0.2) is 0 Å². The van der Waals surface area contributed by atoms with E-state index in [9.17, 15) is 9.59 Å². The van der Waals surface area contributed by atoms with Gasteiger partial charge in [-0.15, -0.1) is 0 Å². The monoisotopic (exact) mass is 340 g/mol. The summed E-state index contributed by atoms with van der Waals surface area (Å²) in [5, 5.41) is 0.405. The van der Waals surface area contributed by atoms with Crippen LogP contribution >= 0.6 is 0 Å². The number of fused-ring (bicyclic) bond motifs is 1. The van der Waals surface area contributed by atoms with Crippen molar-refractivity contribution in [2.24, 2.45) is 0 Å². The summed E-state index contributed by atoms with van der Waals surface area (Å²) < 4.78 is 6.01. The van der Waals surface area contributed by atoms with Crippen LogP contribution in [0.15, 0.2) is 88.1 Å². The molecule has 1 aromatic heterocycles. The Kier molecular flexibility index (Phi) is 3.98. The van der Waals surface area contributed by atoms with Crippen molar-refractivity contribution in [2.75, 3.05) is 0 Å². The molecule has 0 fully saturated rings. The third-order valence-corrected chi connectivity index (χ3v) is 4.37. The second-order valence-corrected chi connectivity index (χ2v) is 6.19. The molecule has 0 aliphatic heterocycles. The van der Waals surface area contributed by atoms with Crippen molar-refractivity contribution >= 4 is 16.8 Å².